The number of anilines is 2. The Balaban J connectivity index is 2.29. The molecule has 0 spiro atoms. The Kier molecular flexibility index (Phi) is 3.82. The van der Waals surface area contributed by atoms with Crippen LogP contribution in [0.5, 0.6) is 0 Å². The Morgan fingerprint density at radius 2 is 2.32 bits per heavy atom. The second-order valence-electron chi connectivity index (χ2n) is 3.57. The van der Waals surface area contributed by atoms with Gasteiger partial charge in [0.1, 0.15) is 11.2 Å². The van der Waals surface area contributed by atoms with Crippen LogP contribution in [0, 0.1) is 10.1 Å². The summed E-state index contributed by atoms with van der Waals surface area (Å²) >= 11 is 1.45. The van der Waals surface area contributed by atoms with Crippen LogP contribution in [-0.2, 0) is 0 Å². The fraction of sp³-hybridized carbons (Fsp3) is 0.222. The predicted molar refractivity (Wildman–Crippen MR) is 70.6 cm³/mol. The van der Waals surface area contributed by atoms with E-state index in [0.29, 0.717) is 0 Å². The van der Waals surface area contributed by atoms with Gasteiger partial charge in [-0.3, -0.25) is 15.5 Å². The molecule has 2 aromatic heterocycles. The van der Waals surface area contributed by atoms with Crippen molar-refractivity contribution in [1.82, 2.24) is 15.0 Å². The highest BCUT2D eigenvalue weighted by Gasteiger charge is 2.20. The largest absolute Gasteiger partial charge is 0.355 e. The third-order valence-corrected chi connectivity index (χ3v) is 3.23. The minimum atomic E-state index is -0.558. The molecule has 2 heterocycles. The summed E-state index contributed by atoms with van der Waals surface area (Å²) in [5.41, 5.74) is 2.02. The monoisotopic (exact) mass is 281 g/mol. The fourth-order valence-electron chi connectivity index (χ4n) is 1.40. The van der Waals surface area contributed by atoms with E-state index in [0.717, 1.165) is 11.2 Å². The molecule has 0 amide bonds. The molecule has 0 aliphatic rings. The van der Waals surface area contributed by atoms with Crippen molar-refractivity contribution in [3.63, 3.8) is 0 Å². The smallest absolute Gasteiger partial charge is 0.329 e. The van der Waals surface area contributed by atoms with E-state index < -0.39 is 4.92 Å². The zero-order valence-electron chi connectivity index (χ0n) is 9.90. The standard InChI is InChI=1S/C9H11N7O2S/c1-5(8-11-2-3-19-8)13-7-6(16(17)18)4-12-9(14-7)15-10/h2-5H,10H2,1H3,(H2,12,13,14,15). The summed E-state index contributed by atoms with van der Waals surface area (Å²) in [7, 11) is 0. The number of rotatable bonds is 5. The highest BCUT2D eigenvalue weighted by Crippen LogP contribution is 2.26. The normalized spacial score (nSPS) is 11.9. The Morgan fingerprint density at radius 1 is 1.53 bits per heavy atom. The van der Waals surface area contributed by atoms with Crippen LogP contribution >= 0.6 is 11.3 Å². The number of hydrogen-bond donors (Lipinski definition) is 3. The number of hydrazine groups is 1. The van der Waals surface area contributed by atoms with Crippen molar-refractivity contribution in [1.29, 1.82) is 0 Å². The first kappa shape index (κ1) is 13.1. The van der Waals surface area contributed by atoms with Crippen LogP contribution in [-0.4, -0.2) is 19.9 Å². The van der Waals surface area contributed by atoms with Crippen LogP contribution in [0.4, 0.5) is 17.5 Å². The number of nitrogens with zero attached hydrogens (tertiary/aromatic N) is 4. The summed E-state index contributed by atoms with van der Waals surface area (Å²) in [6.45, 7) is 1.83. The molecule has 0 aliphatic carbocycles. The van der Waals surface area contributed by atoms with Crippen molar-refractivity contribution in [2.75, 3.05) is 10.7 Å². The summed E-state index contributed by atoms with van der Waals surface area (Å²) in [5.74, 6) is 5.38. The Hall–Kier alpha value is -2.33. The van der Waals surface area contributed by atoms with Crippen LogP contribution < -0.4 is 16.6 Å². The zero-order chi connectivity index (χ0) is 13.8. The predicted octanol–water partition coefficient (Wildman–Crippen LogP) is 1.30. The number of nitro groups is 1. The lowest BCUT2D eigenvalue weighted by atomic mass is 10.3. The van der Waals surface area contributed by atoms with Gasteiger partial charge >= 0.3 is 5.69 Å². The summed E-state index contributed by atoms with van der Waals surface area (Å²) in [6.07, 6.45) is 2.76. The molecular weight excluding hydrogens is 270 g/mol. The van der Waals surface area contributed by atoms with Crippen molar-refractivity contribution in [3.8, 4) is 0 Å². The van der Waals surface area contributed by atoms with Gasteiger partial charge in [0.15, 0.2) is 0 Å². The topological polar surface area (TPSA) is 132 Å². The van der Waals surface area contributed by atoms with E-state index in [1.165, 1.54) is 11.3 Å². The van der Waals surface area contributed by atoms with Crippen LogP contribution in [0.15, 0.2) is 17.8 Å². The van der Waals surface area contributed by atoms with Crippen molar-refractivity contribution < 1.29 is 4.92 Å². The number of nitrogens with two attached hydrogens (primary N) is 1. The Morgan fingerprint density at radius 3 is 2.89 bits per heavy atom. The van der Waals surface area contributed by atoms with Gasteiger partial charge < -0.3 is 5.32 Å². The summed E-state index contributed by atoms with van der Waals surface area (Å²) in [5, 5.41) is 16.5. The molecule has 4 N–H and O–H groups in total. The van der Waals surface area contributed by atoms with E-state index in [2.05, 4.69) is 25.7 Å². The molecular formula is C9H11N7O2S. The van der Waals surface area contributed by atoms with E-state index in [9.17, 15) is 10.1 Å². The molecule has 0 radical (unpaired) electrons. The minimum absolute atomic E-state index is 0.0932. The average molecular weight is 281 g/mol. The van der Waals surface area contributed by atoms with Gasteiger partial charge in [-0.2, -0.15) is 4.98 Å². The number of thiazole rings is 1. The van der Waals surface area contributed by atoms with Gasteiger partial charge in [0.05, 0.1) is 11.0 Å². The molecule has 0 bridgehead atoms. The maximum Gasteiger partial charge on any atom is 0.329 e. The van der Waals surface area contributed by atoms with E-state index in [1.807, 2.05) is 12.3 Å². The highest BCUT2D eigenvalue weighted by atomic mass is 32.1. The molecule has 0 saturated heterocycles. The molecule has 1 atom stereocenters. The lowest BCUT2D eigenvalue weighted by Crippen LogP contribution is -2.14. The second kappa shape index (κ2) is 5.54. The number of hydrogen-bond acceptors (Lipinski definition) is 9. The number of aromatic nitrogens is 3. The van der Waals surface area contributed by atoms with Gasteiger partial charge in [-0.25, -0.2) is 15.8 Å². The molecule has 100 valence electrons. The van der Waals surface area contributed by atoms with Crippen LogP contribution in [0.1, 0.15) is 18.0 Å². The molecule has 2 rings (SSSR count). The fourth-order valence-corrected chi connectivity index (χ4v) is 2.05. The Labute approximate surface area is 112 Å². The lowest BCUT2D eigenvalue weighted by Gasteiger charge is -2.12. The lowest BCUT2D eigenvalue weighted by molar-refractivity contribution is -0.384. The second-order valence-corrected chi connectivity index (χ2v) is 4.49. The third-order valence-electron chi connectivity index (χ3n) is 2.27. The molecule has 10 heteroatoms. The van der Waals surface area contributed by atoms with Gasteiger partial charge in [-0.15, -0.1) is 11.3 Å². The van der Waals surface area contributed by atoms with Crippen molar-refractivity contribution >= 4 is 28.8 Å². The van der Waals surface area contributed by atoms with Gasteiger partial charge in [0.25, 0.3) is 0 Å². The number of nitrogen functional groups attached to an aromatic ring is 1. The van der Waals surface area contributed by atoms with Gasteiger partial charge in [0, 0.05) is 11.6 Å². The van der Waals surface area contributed by atoms with Crippen LogP contribution in [0.25, 0.3) is 0 Å². The maximum absolute atomic E-state index is 10.9. The summed E-state index contributed by atoms with van der Waals surface area (Å²) in [4.78, 5) is 22.1. The molecule has 0 saturated carbocycles. The summed E-state index contributed by atoms with van der Waals surface area (Å²) in [6, 6.07) is -0.209. The van der Waals surface area contributed by atoms with Crippen molar-refractivity contribution in [3.05, 3.63) is 32.9 Å². The highest BCUT2D eigenvalue weighted by molar-refractivity contribution is 7.09. The van der Waals surface area contributed by atoms with Gasteiger partial charge in [-0.05, 0) is 6.92 Å². The SMILES string of the molecule is CC(Nc1nc(NN)ncc1[N+](=O)[O-])c1nccs1. The molecule has 0 aromatic carbocycles. The third kappa shape index (κ3) is 2.92. The zero-order valence-corrected chi connectivity index (χ0v) is 10.7. The molecule has 0 fully saturated rings. The summed E-state index contributed by atoms with van der Waals surface area (Å²) < 4.78 is 0. The Bertz CT molecular complexity index is 574. The van der Waals surface area contributed by atoms with Crippen molar-refractivity contribution in [2.24, 2.45) is 5.84 Å². The quantitative estimate of drug-likeness (QED) is 0.424. The number of nitrogens with one attached hydrogen (secondary N) is 2. The molecule has 0 aliphatic heterocycles. The van der Waals surface area contributed by atoms with E-state index in [-0.39, 0.29) is 23.5 Å². The van der Waals surface area contributed by atoms with E-state index in [1.54, 1.807) is 6.20 Å². The van der Waals surface area contributed by atoms with Gasteiger partial charge in [-0.1, -0.05) is 0 Å². The minimum Gasteiger partial charge on any atom is -0.355 e. The first-order valence-electron chi connectivity index (χ1n) is 5.25. The molecule has 1 unspecified atom stereocenters. The molecule has 2 aromatic rings. The van der Waals surface area contributed by atoms with E-state index in [4.69, 9.17) is 5.84 Å². The molecule has 9 nitrogen and oxygen atoms in total. The van der Waals surface area contributed by atoms with E-state index >= 15 is 0 Å². The molecule has 19 heavy (non-hydrogen) atoms. The maximum atomic E-state index is 10.9. The van der Waals surface area contributed by atoms with Crippen LogP contribution in [0.2, 0.25) is 0 Å². The van der Waals surface area contributed by atoms with Crippen molar-refractivity contribution in [2.45, 2.75) is 13.0 Å². The average Bonchev–Trinajstić information content (AvgIpc) is 2.92. The van der Waals surface area contributed by atoms with Crippen LogP contribution in [0.3, 0.4) is 0 Å². The van der Waals surface area contributed by atoms with Gasteiger partial charge in [0.2, 0.25) is 11.8 Å². The first-order valence-corrected chi connectivity index (χ1v) is 6.13. The first-order chi connectivity index (χ1) is 9.11.